The number of aromatic nitrogens is 2. The van der Waals surface area contributed by atoms with Crippen molar-refractivity contribution in [2.45, 2.75) is 20.0 Å². The van der Waals surface area contributed by atoms with E-state index in [9.17, 15) is 0 Å². The fourth-order valence-corrected chi connectivity index (χ4v) is 9.13. The van der Waals surface area contributed by atoms with Crippen molar-refractivity contribution < 1.29 is 13.7 Å². The molecule has 4 heterocycles. The lowest BCUT2D eigenvalue weighted by Crippen LogP contribution is -2.51. The van der Waals surface area contributed by atoms with E-state index in [0.717, 1.165) is 38.2 Å². The number of fused-ring (bicyclic) bond motifs is 3. The predicted octanol–water partition coefficient (Wildman–Crippen LogP) is 4.77. The van der Waals surface area contributed by atoms with E-state index >= 15 is 0 Å². The number of hydrogen-bond donors (Lipinski definition) is 0. The van der Waals surface area contributed by atoms with Gasteiger partial charge in [0.2, 0.25) is 4.83 Å². The average Bonchev–Trinajstić information content (AvgIpc) is 3.36. The molecule has 0 saturated heterocycles. The van der Waals surface area contributed by atoms with E-state index in [1.807, 2.05) is 18.5 Å². The molecule has 2 aromatic carbocycles. The summed E-state index contributed by atoms with van der Waals surface area (Å²) in [6.45, 7) is 6.93. The minimum absolute atomic E-state index is 0.860. The van der Waals surface area contributed by atoms with Gasteiger partial charge in [-0.15, -0.1) is 0 Å². The Bertz CT molecular complexity index is 1470. The lowest BCUT2D eigenvalue weighted by Gasteiger charge is -2.25. The number of aryl methyl sites for hydroxylation is 2. The first kappa shape index (κ1) is 17.9. The second kappa shape index (κ2) is 6.03. The van der Waals surface area contributed by atoms with Crippen LogP contribution in [0.3, 0.4) is 0 Å². The smallest absolute Gasteiger partial charge is 0.288 e. The maximum atomic E-state index is 6.67. The molecule has 1 aliphatic rings. The molecule has 1 aliphatic heterocycles. The summed E-state index contributed by atoms with van der Waals surface area (Å²) < 4.78 is 15.8. The number of benzene rings is 2. The largest absolute Gasteiger partial charge is 0.464 e. The van der Waals surface area contributed by atoms with Crippen molar-refractivity contribution in [2.75, 3.05) is 0 Å². The van der Waals surface area contributed by atoms with Crippen molar-refractivity contribution >= 4 is 50.3 Å². The minimum atomic E-state index is -1.97. The molecule has 148 valence electrons. The number of rotatable bonds is 2. The molecular formula is C24H21N2O2SSi+. The number of furan rings is 1. The van der Waals surface area contributed by atoms with Crippen LogP contribution in [0.4, 0.5) is 0 Å². The first-order valence-electron chi connectivity index (χ1n) is 10.0. The number of hydrogen-bond acceptors (Lipinski definition) is 4. The van der Waals surface area contributed by atoms with Crippen LogP contribution in [0.5, 0.6) is 11.5 Å². The van der Waals surface area contributed by atoms with E-state index in [-0.39, 0.29) is 0 Å². The highest BCUT2D eigenvalue weighted by Crippen LogP contribution is 2.49. The van der Waals surface area contributed by atoms with Crippen LogP contribution in [0.25, 0.3) is 32.4 Å². The Balaban J connectivity index is 1.71. The SMILES string of the molecule is Cc1c2c(cc3occc13)Oc1c([Si](C)(C)c3ccccc3)sc3nc[n+](C)c-2c13. The molecule has 0 N–H and O–H groups in total. The van der Waals surface area contributed by atoms with Gasteiger partial charge in [0.25, 0.3) is 6.33 Å². The van der Waals surface area contributed by atoms with Gasteiger partial charge >= 0.3 is 0 Å². The number of nitrogens with zero attached hydrogens (tertiary/aromatic N) is 2. The molecule has 0 saturated carbocycles. The summed E-state index contributed by atoms with van der Waals surface area (Å²) in [6.07, 6.45) is 3.67. The molecule has 6 rings (SSSR count). The molecule has 0 radical (unpaired) electrons. The van der Waals surface area contributed by atoms with E-state index in [2.05, 4.69) is 62.0 Å². The van der Waals surface area contributed by atoms with Crippen LogP contribution in [0.15, 0.2) is 59.5 Å². The molecule has 0 fully saturated rings. The first-order chi connectivity index (χ1) is 14.5. The van der Waals surface area contributed by atoms with Crippen LogP contribution in [-0.4, -0.2) is 13.1 Å². The third-order valence-electron chi connectivity index (χ3n) is 6.28. The lowest BCUT2D eigenvalue weighted by molar-refractivity contribution is -0.662. The Morgan fingerprint density at radius 1 is 1.10 bits per heavy atom. The molecule has 0 atom stereocenters. The molecule has 0 amide bonds. The molecule has 0 unspecified atom stereocenters. The van der Waals surface area contributed by atoms with Gasteiger partial charge in [0.1, 0.15) is 24.8 Å². The Kier molecular flexibility index (Phi) is 3.59. The van der Waals surface area contributed by atoms with Gasteiger partial charge in [-0.2, -0.15) is 0 Å². The van der Waals surface area contributed by atoms with Gasteiger partial charge in [0.15, 0.2) is 11.4 Å². The van der Waals surface area contributed by atoms with Gasteiger partial charge in [-0.25, -0.2) is 4.57 Å². The monoisotopic (exact) mass is 429 g/mol. The lowest BCUT2D eigenvalue weighted by atomic mass is 9.97. The van der Waals surface area contributed by atoms with Crippen molar-refractivity contribution in [3.63, 3.8) is 0 Å². The van der Waals surface area contributed by atoms with Crippen molar-refractivity contribution in [2.24, 2.45) is 7.05 Å². The zero-order valence-electron chi connectivity index (χ0n) is 17.3. The minimum Gasteiger partial charge on any atom is -0.464 e. The van der Waals surface area contributed by atoms with Gasteiger partial charge in [-0.3, -0.25) is 0 Å². The summed E-state index contributed by atoms with van der Waals surface area (Å²) >= 11 is 1.78. The Morgan fingerprint density at radius 3 is 2.70 bits per heavy atom. The first-order valence-corrected chi connectivity index (χ1v) is 13.8. The molecule has 0 spiro atoms. The Morgan fingerprint density at radius 2 is 1.90 bits per heavy atom. The van der Waals surface area contributed by atoms with Gasteiger partial charge in [-0.05, 0) is 23.5 Å². The summed E-state index contributed by atoms with van der Waals surface area (Å²) in [5.74, 6) is 1.84. The zero-order chi connectivity index (χ0) is 20.6. The van der Waals surface area contributed by atoms with E-state index in [4.69, 9.17) is 14.1 Å². The molecule has 4 nitrogen and oxygen atoms in total. The standard InChI is InChI=1S/C24H21N2O2SSi/c1-14-16-10-11-27-17(16)12-18-19(14)21-20-22(28-18)24(29-23(20)25-13-26(21)2)30(3,4)15-8-6-5-7-9-15/h5-13H,1-4H3/q+1. The highest BCUT2D eigenvalue weighted by molar-refractivity contribution is 7.34. The molecule has 30 heavy (non-hydrogen) atoms. The molecule has 0 bridgehead atoms. The Hall–Kier alpha value is -2.96. The maximum absolute atomic E-state index is 6.67. The third kappa shape index (κ3) is 2.26. The molecule has 0 aliphatic carbocycles. The summed E-state index contributed by atoms with van der Waals surface area (Å²) in [5, 5.41) is 3.65. The molecule has 5 aromatic rings. The van der Waals surface area contributed by atoms with Crippen LogP contribution >= 0.6 is 11.3 Å². The summed E-state index contributed by atoms with van der Waals surface area (Å²) in [4.78, 5) is 5.82. The average molecular weight is 430 g/mol. The fourth-order valence-electron chi connectivity index (χ4n) is 4.61. The van der Waals surface area contributed by atoms with Crippen molar-refractivity contribution in [1.29, 1.82) is 0 Å². The Labute approximate surface area is 179 Å². The van der Waals surface area contributed by atoms with Gasteiger partial charge < -0.3 is 9.15 Å². The van der Waals surface area contributed by atoms with Crippen LogP contribution < -0.4 is 19.0 Å². The van der Waals surface area contributed by atoms with Gasteiger partial charge in [-0.1, -0.05) is 59.9 Å². The summed E-state index contributed by atoms with van der Waals surface area (Å²) in [5.41, 5.74) is 4.35. The van der Waals surface area contributed by atoms with Crippen molar-refractivity contribution in [1.82, 2.24) is 4.98 Å². The second-order valence-corrected chi connectivity index (χ2v) is 14.1. The second-order valence-electron chi connectivity index (χ2n) is 8.44. The van der Waals surface area contributed by atoms with E-state index in [0.29, 0.717) is 0 Å². The highest BCUT2D eigenvalue weighted by atomic mass is 32.1. The van der Waals surface area contributed by atoms with Crippen LogP contribution in [0, 0.1) is 6.92 Å². The molecular weight excluding hydrogens is 408 g/mol. The van der Waals surface area contributed by atoms with Crippen LogP contribution in [0.1, 0.15) is 5.56 Å². The van der Waals surface area contributed by atoms with Crippen LogP contribution in [-0.2, 0) is 7.05 Å². The molecule has 6 heteroatoms. The number of ether oxygens (including phenoxy) is 1. The third-order valence-corrected chi connectivity index (χ3v) is 12.1. The summed E-state index contributed by atoms with van der Waals surface area (Å²) in [6, 6.07) is 14.9. The van der Waals surface area contributed by atoms with Crippen molar-refractivity contribution in [3.8, 4) is 22.8 Å². The highest BCUT2D eigenvalue weighted by Gasteiger charge is 2.39. The maximum Gasteiger partial charge on any atom is 0.288 e. The van der Waals surface area contributed by atoms with Gasteiger partial charge in [0.05, 0.1) is 18.9 Å². The predicted molar refractivity (Wildman–Crippen MR) is 124 cm³/mol. The van der Waals surface area contributed by atoms with E-state index in [1.165, 1.54) is 20.9 Å². The number of thiophene rings is 1. The fraction of sp³-hybridized carbons (Fsp3) is 0.167. The van der Waals surface area contributed by atoms with E-state index in [1.54, 1.807) is 17.6 Å². The van der Waals surface area contributed by atoms with Crippen molar-refractivity contribution in [3.05, 3.63) is 60.6 Å². The van der Waals surface area contributed by atoms with E-state index < -0.39 is 8.07 Å². The molecule has 3 aromatic heterocycles. The summed E-state index contributed by atoms with van der Waals surface area (Å²) in [7, 11) is 0.101. The van der Waals surface area contributed by atoms with Crippen LogP contribution in [0.2, 0.25) is 13.1 Å². The zero-order valence-corrected chi connectivity index (χ0v) is 19.1. The topological polar surface area (TPSA) is 39.1 Å². The normalized spacial score (nSPS) is 12.9. The van der Waals surface area contributed by atoms with Gasteiger partial charge in [0, 0.05) is 16.0 Å². The quantitative estimate of drug-likeness (QED) is 0.294.